The second-order valence-electron chi connectivity index (χ2n) is 6.63. The molecular weight excluding hydrogens is 350 g/mol. The van der Waals surface area contributed by atoms with Crippen LogP contribution in [0.4, 0.5) is 5.69 Å². The number of hydrogen-bond donors (Lipinski definition) is 1. The van der Waals surface area contributed by atoms with Crippen molar-refractivity contribution in [1.29, 1.82) is 0 Å². The van der Waals surface area contributed by atoms with Gasteiger partial charge in [-0.05, 0) is 44.5 Å². The smallest absolute Gasteiger partial charge is 0.343 e. The van der Waals surface area contributed by atoms with Gasteiger partial charge in [0.25, 0.3) is 0 Å². The van der Waals surface area contributed by atoms with Gasteiger partial charge in [-0.3, -0.25) is 14.5 Å². The summed E-state index contributed by atoms with van der Waals surface area (Å²) in [5.41, 5.74) is 0.880. The van der Waals surface area contributed by atoms with Crippen LogP contribution < -0.4 is 10.5 Å². The Morgan fingerprint density at radius 3 is 2.37 bits per heavy atom. The summed E-state index contributed by atoms with van der Waals surface area (Å²) in [6.45, 7) is 3.11. The van der Waals surface area contributed by atoms with Gasteiger partial charge in [-0.15, -0.1) is 0 Å². The first-order valence-corrected chi connectivity index (χ1v) is 8.60. The molecule has 27 heavy (non-hydrogen) atoms. The molecule has 1 aliphatic heterocycles. The second kappa shape index (κ2) is 6.12. The third-order valence-corrected chi connectivity index (χ3v) is 4.81. The van der Waals surface area contributed by atoms with Crippen LogP contribution in [0.25, 0.3) is 22.5 Å². The molecule has 1 aliphatic rings. The molecular formula is C20H17NO6. The van der Waals surface area contributed by atoms with E-state index < -0.39 is 5.63 Å². The molecule has 0 radical (unpaired) electrons. The molecule has 1 aromatic carbocycles. The number of piperidine rings is 1. The van der Waals surface area contributed by atoms with Crippen LogP contribution in [-0.2, 0) is 9.59 Å². The van der Waals surface area contributed by atoms with E-state index in [1.165, 1.54) is 11.8 Å². The fourth-order valence-electron chi connectivity index (χ4n) is 3.29. The molecule has 0 spiro atoms. The van der Waals surface area contributed by atoms with Crippen molar-refractivity contribution in [1.82, 2.24) is 0 Å². The maximum absolute atomic E-state index is 12.1. The standard InChI is InChI=1S/C20H17NO6/c1-10-18(24)11(2)20(25)27-19(10)15-9-12-8-13(6-7-14(12)26-15)21-16(22)4-3-5-17(21)23/h6-9,24H,3-5H2,1-2H3. The van der Waals surface area contributed by atoms with Crippen molar-refractivity contribution < 1.29 is 23.5 Å². The Hall–Kier alpha value is -3.35. The molecule has 7 nitrogen and oxygen atoms in total. The molecule has 1 N–H and O–H groups in total. The first kappa shape index (κ1) is 17.1. The number of hydrogen-bond acceptors (Lipinski definition) is 6. The normalized spacial score (nSPS) is 15.0. The Bertz CT molecular complexity index is 1140. The Labute approximate surface area is 153 Å². The fraction of sp³-hybridized carbons (Fsp3) is 0.250. The third kappa shape index (κ3) is 2.71. The van der Waals surface area contributed by atoms with Crippen molar-refractivity contribution in [3.05, 3.63) is 45.8 Å². The van der Waals surface area contributed by atoms with Gasteiger partial charge in [0, 0.05) is 23.8 Å². The van der Waals surface area contributed by atoms with Crippen LogP contribution in [0.3, 0.4) is 0 Å². The summed E-state index contributed by atoms with van der Waals surface area (Å²) >= 11 is 0. The van der Waals surface area contributed by atoms with Crippen LogP contribution in [0.1, 0.15) is 30.4 Å². The van der Waals surface area contributed by atoms with Crippen LogP contribution in [0, 0.1) is 13.8 Å². The van der Waals surface area contributed by atoms with Crippen molar-refractivity contribution in [3.63, 3.8) is 0 Å². The molecule has 2 aromatic heterocycles. The average Bonchev–Trinajstić information content (AvgIpc) is 3.06. The second-order valence-corrected chi connectivity index (χ2v) is 6.63. The van der Waals surface area contributed by atoms with Gasteiger partial charge in [0.15, 0.2) is 11.5 Å². The Morgan fingerprint density at radius 1 is 0.963 bits per heavy atom. The number of fused-ring (bicyclic) bond motifs is 1. The highest BCUT2D eigenvalue weighted by Crippen LogP contribution is 2.35. The lowest BCUT2D eigenvalue weighted by molar-refractivity contribution is -0.129. The van der Waals surface area contributed by atoms with Crippen molar-refractivity contribution in [2.24, 2.45) is 0 Å². The molecule has 138 valence electrons. The highest BCUT2D eigenvalue weighted by atomic mass is 16.4. The predicted molar refractivity (Wildman–Crippen MR) is 97.7 cm³/mol. The zero-order valence-corrected chi connectivity index (χ0v) is 14.9. The number of carbonyl (C=O) groups excluding carboxylic acids is 2. The molecule has 1 fully saturated rings. The first-order chi connectivity index (χ1) is 12.9. The maximum Gasteiger partial charge on any atom is 0.343 e. The summed E-state index contributed by atoms with van der Waals surface area (Å²) in [6.07, 6.45) is 1.25. The SMILES string of the molecule is Cc1c(-c2cc3cc(N4C(=O)CCCC4=O)ccc3o2)oc(=O)c(C)c1O. The number of rotatable bonds is 2. The molecule has 0 atom stereocenters. The highest BCUT2D eigenvalue weighted by molar-refractivity contribution is 6.16. The molecule has 0 unspecified atom stereocenters. The molecule has 3 heterocycles. The molecule has 7 heteroatoms. The van der Waals surface area contributed by atoms with E-state index in [2.05, 4.69) is 0 Å². The summed E-state index contributed by atoms with van der Waals surface area (Å²) in [5.74, 6) is -0.152. The highest BCUT2D eigenvalue weighted by Gasteiger charge is 2.28. The maximum atomic E-state index is 12.1. The van der Waals surface area contributed by atoms with Crippen molar-refractivity contribution in [3.8, 4) is 17.3 Å². The Balaban J connectivity index is 1.82. The van der Waals surface area contributed by atoms with Gasteiger partial charge in [-0.25, -0.2) is 4.79 Å². The van der Waals surface area contributed by atoms with Gasteiger partial charge < -0.3 is 13.9 Å². The lowest BCUT2D eigenvalue weighted by atomic mass is 10.1. The average molecular weight is 367 g/mol. The quantitative estimate of drug-likeness (QED) is 0.697. The first-order valence-electron chi connectivity index (χ1n) is 8.60. The van der Waals surface area contributed by atoms with Gasteiger partial charge >= 0.3 is 5.63 Å². The Morgan fingerprint density at radius 2 is 1.67 bits per heavy atom. The van der Waals surface area contributed by atoms with Gasteiger partial charge in [0.1, 0.15) is 11.3 Å². The third-order valence-electron chi connectivity index (χ3n) is 4.81. The molecule has 2 amide bonds. The molecule has 0 bridgehead atoms. The Kier molecular flexibility index (Phi) is 3.87. The number of carbonyl (C=O) groups is 2. The van der Waals surface area contributed by atoms with E-state index in [9.17, 15) is 19.5 Å². The van der Waals surface area contributed by atoms with Crippen LogP contribution in [0.5, 0.6) is 5.75 Å². The lowest BCUT2D eigenvalue weighted by Gasteiger charge is -2.24. The minimum atomic E-state index is -0.640. The zero-order valence-electron chi connectivity index (χ0n) is 14.9. The van der Waals surface area contributed by atoms with E-state index in [1.54, 1.807) is 31.2 Å². The van der Waals surface area contributed by atoms with E-state index in [0.717, 1.165) is 0 Å². The zero-order chi connectivity index (χ0) is 19.3. The van der Waals surface area contributed by atoms with Crippen molar-refractivity contribution >= 4 is 28.5 Å². The van der Waals surface area contributed by atoms with E-state index in [0.29, 0.717) is 41.5 Å². The van der Waals surface area contributed by atoms with Crippen molar-refractivity contribution in [2.75, 3.05) is 4.90 Å². The summed E-state index contributed by atoms with van der Waals surface area (Å²) in [6, 6.07) is 6.64. The van der Waals surface area contributed by atoms with Crippen LogP contribution in [0.2, 0.25) is 0 Å². The number of benzene rings is 1. The number of amides is 2. The minimum Gasteiger partial charge on any atom is -0.507 e. The van der Waals surface area contributed by atoms with E-state index in [-0.39, 0.29) is 34.6 Å². The van der Waals surface area contributed by atoms with E-state index in [1.807, 2.05) is 0 Å². The monoisotopic (exact) mass is 367 g/mol. The van der Waals surface area contributed by atoms with E-state index >= 15 is 0 Å². The van der Waals surface area contributed by atoms with Gasteiger partial charge in [0.2, 0.25) is 11.8 Å². The van der Waals surface area contributed by atoms with Crippen LogP contribution >= 0.6 is 0 Å². The fourth-order valence-corrected chi connectivity index (χ4v) is 3.29. The predicted octanol–water partition coefficient (Wildman–Crippen LogP) is 3.42. The number of aromatic hydroxyl groups is 1. The molecule has 0 aliphatic carbocycles. The van der Waals surface area contributed by atoms with Crippen molar-refractivity contribution in [2.45, 2.75) is 33.1 Å². The molecule has 0 saturated carbocycles. The largest absolute Gasteiger partial charge is 0.507 e. The number of furan rings is 1. The summed E-state index contributed by atoms with van der Waals surface area (Å²) in [5, 5.41) is 10.7. The summed E-state index contributed by atoms with van der Waals surface area (Å²) < 4.78 is 11.0. The number of imide groups is 1. The molecule has 4 rings (SSSR count). The molecule has 3 aromatic rings. The van der Waals surface area contributed by atoms with Crippen LogP contribution in [0.15, 0.2) is 37.9 Å². The summed E-state index contributed by atoms with van der Waals surface area (Å²) in [4.78, 5) is 37.3. The molecule has 1 saturated heterocycles. The minimum absolute atomic E-state index is 0.132. The van der Waals surface area contributed by atoms with Gasteiger partial charge in [0.05, 0.1) is 11.3 Å². The van der Waals surface area contributed by atoms with Crippen LogP contribution in [-0.4, -0.2) is 16.9 Å². The van der Waals surface area contributed by atoms with Gasteiger partial charge in [-0.2, -0.15) is 0 Å². The van der Waals surface area contributed by atoms with Gasteiger partial charge in [-0.1, -0.05) is 0 Å². The number of anilines is 1. The van der Waals surface area contributed by atoms with E-state index in [4.69, 9.17) is 8.83 Å². The number of nitrogens with zero attached hydrogens (tertiary/aromatic N) is 1. The lowest BCUT2D eigenvalue weighted by Crippen LogP contribution is -2.40. The topological polar surface area (TPSA) is 101 Å². The summed E-state index contributed by atoms with van der Waals surface area (Å²) in [7, 11) is 0.